The minimum atomic E-state index is -3.75. The van der Waals surface area contributed by atoms with Gasteiger partial charge in [0.1, 0.15) is 12.6 Å². The van der Waals surface area contributed by atoms with Crippen molar-refractivity contribution in [2.75, 3.05) is 23.7 Å². The highest BCUT2D eigenvalue weighted by molar-refractivity contribution is 7.92. The van der Waals surface area contributed by atoms with Gasteiger partial charge in [0.15, 0.2) is 0 Å². The Balaban J connectivity index is 2.41. The van der Waals surface area contributed by atoms with Crippen molar-refractivity contribution in [3.05, 3.63) is 64.7 Å². The van der Waals surface area contributed by atoms with Crippen molar-refractivity contribution >= 4 is 27.5 Å². The van der Waals surface area contributed by atoms with Crippen LogP contribution in [0, 0.1) is 20.8 Å². The van der Waals surface area contributed by atoms with Crippen LogP contribution < -0.4 is 9.62 Å². The zero-order valence-corrected chi connectivity index (χ0v) is 21.9. The SMILES string of the molecule is CCCCNC(=O)[C@@H](C)N(Cc1ccccc1C)C(=O)CN(c1cccc(C)c1C)S(C)(=O)=O. The molecule has 0 heterocycles. The summed E-state index contributed by atoms with van der Waals surface area (Å²) < 4.78 is 26.6. The number of rotatable bonds is 11. The van der Waals surface area contributed by atoms with E-state index in [-0.39, 0.29) is 19.0 Å². The van der Waals surface area contributed by atoms with Gasteiger partial charge in [-0.1, -0.05) is 49.7 Å². The van der Waals surface area contributed by atoms with E-state index in [0.717, 1.165) is 45.7 Å². The molecular formula is C26H37N3O4S. The van der Waals surface area contributed by atoms with Crippen LogP contribution in [0.15, 0.2) is 42.5 Å². The minimum Gasteiger partial charge on any atom is -0.354 e. The van der Waals surface area contributed by atoms with Crippen molar-refractivity contribution < 1.29 is 18.0 Å². The molecule has 8 heteroatoms. The van der Waals surface area contributed by atoms with Crippen molar-refractivity contribution in [3.8, 4) is 0 Å². The largest absolute Gasteiger partial charge is 0.354 e. The van der Waals surface area contributed by atoms with Crippen LogP contribution >= 0.6 is 0 Å². The van der Waals surface area contributed by atoms with Crippen LogP contribution in [-0.4, -0.2) is 50.5 Å². The summed E-state index contributed by atoms with van der Waals surface area (Å²) >= 11 is 0. The molecule has 2 aromatic carbocycles. The van der Waals surface area contributed by atoms with Gasteiger partial charge in [0.25, 0.3) is 0 Å². The molecule has 2 aromatic rings. The van der Waals surface area contributed by atoms with Crippen LogP contribution in [0.4, 0.5) is 5.69 Å². The predicted molar refractivity (Wildman–Crippen MR) is 137 cm³/mol. The number of carbonyl (C=O) groups is 2. The summed E-state index contributed by atoms with van der Waals surface area (Å²) in [6, 6.07) is 12.3. The fourth-order valence-corrected chi connectivity index (χ4v) is 4.59. The third-order valence-corrected chi connectivity index (χ3v) is 7.25. The fraction of sp³-hybridized carbons (Fsp3) is 0.462. The van der Waals surface area contributed by atoms with Gasteiger partial charge < -0.3 is 10.2 Å². The summed E-state index contributed by atoms with van der Waals surface area (Å²) in [5.41, 5.74) is 4.08. The molecule has 1 atom stereocenters. The van der Waals surface area contributed by atoms with Crippen molar-refractivity contribution in [3.63, 3.8) is 0 Å². The van der Waals surface area contributed by atoms with Crippen molar-refractivity contribution in [2.45, 2.75) is 60.0 Å². The van der Waals surface area contributed by atoms with E-state index in [4.69, 9.17) is 0 Å². The Kier molecular flexibility index (Phi) is 9.67. The molecule has 0 aliphatic rings. The van der Waals surface area contributed by atoms with Crippen LogP contribution in [0.2, 0.25) is 0 Å². The number of amides is 2. The van der Waals surface area contributed by atoms with E-state index in [9.17, 15) is 18.0 Å². The highest BCUT2D eigenvalue weighted by Gasteiger charge is 2.30. The lowest BCUT2D eigenvalue weighted by molar-refractivity contribution is -0.139. The molecule has 0 fully saturated rings. The van der Waals surface area contributed by atoms with Gasteiger partial charge in [-0.05, 0) is 62.4 Å². The number of hydrogen-bond donors (Lipinski definition) is 1. The smallest absolute Gasteiger partial charge is 0.244 e. The van der Waals surface area contributed by atoms with Crippen molar-refractivity contribution in [1.29, 1.82) is 0 Å². The molecule has 0 bridgehead atoms. The maximum Gasteiger partial charge on any atom is 0.244 e. The maximum absolute atomic E-state index is 13.6. The normalized spacial score (nSPS) is 12.2. The second-order valence-electron chi connectivity index (χ2n) is 8.76. The number of unbranched alkanes of at least 4 members (excludes halogenated alkanes) is 1. The number of benzene rings is 2. The molecule has 7 nitrogen and oxygen atoms in total. The molecule has 0 saturated carbocycles. The zero-order valence-electron chi connectivity index (χ0n) is 21.1. The van der Waals surface area contributed by atoms with Crippen LogP contribution in [0.5, 0.6) is 0 Å². The van der Waals surface area contributed by atoms with Gasteiger partial charge in [-0.2, -0.15) is 0 Å². The van der Waals surface area contributed by atoms with E-state index in [1.165, 1.54) is 4.90 Å². The first-order valence-corrected chi connectivity index (χ1v) is 13.5. The predicted octanol–water partition coefficient (Wildman–Crippen LogP) is 3.71. The second-order valence-corrected chi connectivity index (χ2v) is 10.7. The maximum atomic E-state index is 13.6. The summed E-state index contributed by atoms with van der Waals surface area (Å²) in [4.78, 5) is 27.9. The lowest BCUT2D eigenvalue weighted by Crippen LogP contribution is -2.51. The average Bonchev–Trinajstić information content (AvgIpc) is 2.77. The molecule has 34 heavy (non-hydrogen) atoms. The van der Waals surface area contributed by atoms with Crippen LogP contribution in [-0.2, 0) is 26.2 Å². The van der Waals surface area contributed by atoms with Gasteiger partial charge in [-0.3, -0.25) is 13.9 Å². The number of nitrogens with one attached hydrogen (secondary N) is 1. The summed E-state index contributed by atoms with van der Waals surface area (Å²) in [5, 5.41) is 2.89. The Labute approximate surface area is 204 Å². The van der Waals surface area contributed by atoms with Crippen molar-refractivity contribution in [2.24, 2.45) is 0 Å². The van der Waals surface area contributed by atoms with Gasteiger partial charge in [0.05, 0.1) is 11.9 Å². The van der Waals surface area contributed by atoms with E-state index in [1.54, 1.807) is 19.1 Å². The van der Waals surface area contributed by atoms with Gasteiger partial charge in [-0.25, -0.2) is 8.42 Å². The highest BCUT2D eigenvalue weighted by Crippen LogP contribution is 2.25. The summed E-state index contributed by atoms with van der Waals surface area (Å²) in [5.74, 6) is -0.694. The molecule has 1 N–H and O–H groups in total. The Morgan fingerprint density at radius 1 is 1.00 bits per heavy atom. The number of nitrogens with zero attached hydrogens (tertiary/aromatic N) is 2. The van der Waals surface area contributed by atoms with Gasteiger partial charge in [0, 0.05) is 13.1 Å². The third-order valence-electron chi connectivity index (χ3n) is 6.12. The first kappa shape index (κ1) is 27.4. The van der Waals surface area contributed by atoms with E-state index < -0.39 is 22.0 Å². The Morgan fingerprint density at radius 2 is 1.65 bits per heavy atom. The number of anilines is 1. The van der Waals surface area contributed by atoms with Crippen LogP contribution in [0.3, 0.4) is 0 Å². The summed E-state index contributed by atoms with van der Waals surface area (Å²) in [6.07, 6.45) is 2.88. The standard InChI is InChI=1S/C26H37N3O4S/c1-7-8-16-27-26(31)22(5)28(17-23-14-10-9-12-20(23)3)25(30)18-29(34(6,32)33)24-15-11-13-19(2)21(24)4/h9-15,22H,7-8,16-18H2,1-6H3,(H,27,31)/t22-/m1/s1. The van der Waals surface area contributed by atoms with Crippen LogP contribution in [0.1, 0.15) is 48.9 Å². The topological polar surface area (TPSA) is 86.8 Å². The van der Waals surface area contributed by atoms with Gasteiger partial charge >= 0.3 is 0 Å². The fourth-order valence-electron chi connectivity index (χ4n) is 3.69. The molecule has 186 valence electrons. The Hall–Kier alpha value is -2.87. The monoisotopic (exact) mass is 487 g/mol. The lowest BCUT2D eigenvalue weighted by atomic mass is 10.1. The Morgan fingerprint density at radius 3 is 2.26 bits per heavy atom. The highest BCUT2D eigenvalue weighted by atomic mass is 32.2. The zero-order chi connectivity index (χ0) is 25.5. The summed E-state index contributed by atoms with van der Waals surface area (Å²) in [7, 11) is -3.75. The number of sulfonamides is 1. The van der Waals surface area contributed by atoms with Gasteiger partial charge in [0.2, 0.25) is 21.8 Å². The number of aryl methyl sites for hydroxylation is 2. The Bertz CT molecular complexity index is 1110. The first-order valence-electron chi connectivity index (χ1n) is 11.6. The molecule has 0 spiro atoms. The molecule has 0 aliphatic carbocycles. The average molecular weight is 488 g/mol. The molecule has 0 radical (unpaired) electrons. The molecule has 2 amide bonds. The number of hydrogen-bond acceptors (Lipinski definition) is 4. The van der Waals surface area contributed by atoms with E-state index in [2.05, 4.69) is 5.32 Å². The molecule has 0 aliphatic heterocycles. The van der Waals surface area contributed by atoms with E-state index in [1.807, 2.05) is 58.0 Å². The molecule has 0 saturated heterocycles. The number of carbonyl (C=O) groups excluding carboxylic acids is 2. The molecular weight excluding hydrogens is 450 g/mol. The van der Waals surface area contributed by atoms with Crippen LogP contribution in [0.25, 0.3) is 0 Å². The molecule has 0 aromatic heterocycles. The molecule has 2 rings (SSSR count). The second kappa shape index (κ2) is 12.0. The molecule has 0 unspecified atom stereocenters. The van der Waals surface area contributed by atoms with Gasteiger partial charge in [-0.15, -0.1) is 0 Å². The lowest BCUT2D eigenvalue weighted by Gasteiger charge is -2.32. The van der Waals surface area contributed by atoms with E-state index in [0.29, 0.717) is 12.2 Å². The first-order chi connectivity index (χ1) is 16.0. The minimum absolute atomic E-state index is 0.207. The summed E-state index contributed by atoms with van der Waals surface area (Å²) in [6.45, 7) is 9.75. The third kappa shape index (κ3) is 7.06. The quantitative estimate of drug-likeness (QED) is 0.490. The van der Waals surface area contributed by atoms with E-state index >= 15 is 0 Å². The van der Waals surface area contributed by atoms with Crippen molar-refractivity contribution in [1.82, 2.24) is 10.2 Å².